The van der Waals surface area contributed by atoms with Gasteiger partial charge in [0.05, 0.1) is 30.6 Å². The minimum absolute atomic E-state index is 0.556. The summed E-state index contributed by atoms with van der Waals surface area (Å²) in [6.07, 6.45) is 3.57. The van der Waals surface area contributed by atoms with E-state index in [2.05, 4.69) is 21.5 Å². The lowest BCUT2D eigenvalue weighted by Crippen LogP contribution is -2.04. The molecule has 2 aromatic heterocycles. The van der Waals surface area contributed by atoms with Crippen LogP contribution in [0.15, 0.2) is 18.5 Å². The van der Waals surface area contributed by atoms with Crippen molar-refractivity contribution in [3.05, 3.63) is 35.3 Å². The molecule has 20 heavy (non-hydrogen) atoms. The quantitative estimate of drug-likeness (QED) is 0.901. The number of rotatable bonds is 5. The molecule has 2 aromatic rings. The molecule has 0 aromatic carbocycles. The highest BCUT2D eigenvalue weighted by molar-refractivity contribution is 5.63. The monoisotopic (exact) mass is 271 g/mol. The molecule has 6 heteroatoms. The Labute approximate surface area is 118 Å². The molecule has 0 unspecified atom stereocenters. The maximum Gasteiger partial charge on any atom is 0.148 e. The molecule has 6 nitrogen and oxygen atoms in total. The summed E-state index contributed by atoms with van der Waals surface area (Å²) >= 11 is 0. The maximum absolute atomic E-state index is 9.22. The number of anilines is 2. The summed E-state index contributed by atoms with van der Waals surface area (Å²) in [7, 11) is 1.65. The fourth-order valence-corrected chi connectivity index (χ4v) is 1.94. The van der Waals surface area contributed by atoms with Crippen molar-refractivity contribution < 1.29 is 4.74 Å². The van der Waals surface area contributed by atoms with Crippen LogP contribution in [0.4, 0.5) is 11.5 Å². The average Bonchev–Trinajstić information content (AvgIpc) is 2.83. The molecule has 0 amide bonds. The van der Waals surface area contributed by atoms with Gasteiger partial charge in [-0.2, -0.15) is 10.4 Å². The Bertz CT molecular complexity index is 641. The Balaban J connectivity index is 2.22. The summed E-state index contributed by atoms with van der Waals surface area (Å²) in [5.41, 5.74) is 3.14. The van der Waals surface area contributed by atoms with Gasteiger partial charge in [-0.1, -0.05) is 0 Å². The van der Waals surface area contributed by atoms with Crippen molar-refractivity contribution in [2.75, 3.05) is 19.0 Å². The molecule has 0 atom stereocenters. The van der Waals surface area contributed by atoms with Gasteiger partial charge in [0.2, 0.25) is 0 Å². The lowest BCUT2D eigenvalue weighted by Gasteiger charge is -2.08. The van der Waals surface area contributed by atoms with Gasteiger partial charge < -0.3 is 10.1 Å². The molecule has 104 valence electrons. The van der Waals surface area contributed by atoms with Crippen LogP contribution in [-0.4, -0.2) is 28.5 Å². The van der Waals surface area contributed by atoms with Gasteiger partial charge in [-0.25, -0.2) is 4.98 Å². The number of hydrogen-bond donors (Lipinski definition) is 1. The zero-order chi connectivity index (χ0) is 14.5. The Morgan fingerprint density at radius 2 is 2.25 bits per heavy atom. The van der Waals surface area contributed by atoms with Crippen molar-refractivity contribution in [3.8, 4) is 6.07 Å². The van der Waals surface area contributed by atoms with Gasteiger partial charge in [0, 0.05) is 19.0 Å². The minimum Gasteiger partial charge on any atom is -0.383 e. The molecular weight excluding hydrogens is 254 g/mol. The second-order valence-electron chi connectivity index (χ2n) is 4.53. The van der Waals surface area contributed by atoms with Crippen molar-refractivity contribution in [1.82, 2.24) is 14.8 Å². The van der Waals surface area contributed by atoms with E-state index < -0.39 is 0 Å². The standard InChI is InChI=1S/C14H17N5O/c1-10-6-11(2)17-14(13(10)7-15)18-12-8-16-19(9-12)4-5-20-3/h6,8-9H,4-5H2,1-3H3,(H,17,18). The van der Waals surface area contributed by atoms with Gasteiger partial charge >= 0.3 is 0 Å². The Kier molecular flexibility index (Phi) is 4.33. The number of aromatic nitrogens is 3. The van der Waals surface area contributed by atoms with E-state index in [1.807, 2.05) is 26.1 Å². The van der Waals surface area contributed by atoms with Crippen molar-refractivity contribution >= 4 is 11.5 Å². The number of hydrogen-bond acceptors (Lipinski definition) is 5. The summed E-state index contributed by atoms with van der Waals surface area (Å²) in [4.78, 5) is 4.38. The van der Waals surface area contributed by atoms with Crippen LogP contribution >= 0.6 is 0 Å². The number of methoxy groups -OCH3 is 1. The van der Waals surface area contributed by atoms with Crippen LogP contribution in [0.2, 0.25) is 0 Å². The first-order valence-corrected chi connectivity index (χ1v) is 6.31. The van der Waals surface area contributed by atoms with Crippen LogP contribution < -0.4 is 5.32 Å². The van der Waals surface area contributed by atoms with Crippen LogP contribution in [0.5, 0.6) is 0 Å². The van der Waals surface area contributed by atoms with Crippen LogP contribution in [0.1, 0.15) is 16.8 Å². The first-order valence-electron chi connectivity index (χ1n) is 6.31. The van der Waals surface area contributed by atoms with Crippen LogP contribution in [-0.2, 0) is 11.3 Å². The van der Waals surface area contributed by atoms with E-state index in [-0.39, 0.29) is 0 Å². The molecule has 0 radical (unpaired) electrons. The average molecular weight is 271 g/mol. The zero-order valence-corrected chi connectivity index (χ0v) is 11.8. The zero-order valence-electron chi connectivity index (χ0n) is 11.8. The second kappa shape index (κ2) is 6.17. The van der Waals surface area contributed by atoms with Crippen LogP contribution in [0.25, 0.3) is 0 Å². The Hall–Kier alpha value is -2.39. The maximum atomic E-state index is 9.22. The van der Waals surface area contributed by atoms with Gasteiger partial charge in [0.15, 0.2) is 0 Å². The first kappa shape index (κ1) is 14.0. The number of aryl methyl sites for hydroxylation is 2. The third-order valence-electron chi connectivity index (χ3n) is 2.88. The normalized spacial score (nSPS) is 10.3. The first-order chi connectivity index (χ1) is 9.63. The topological polar surface area (TPSA) is 75.8 Å². The highest BCUT2D eigenvalue weighted by Gasteiger charge is 2.09. The summed E-state index contributed by atoms with van der Waals surface area (Å²) < 4.78 is 6.78. The molecule has 0 aliphatic rings. The third-order valence-corrected chi connectivity index (χ3v) is 2.88. The van der Waals surface area contributed by atoms with Crippen molar-refractivity contribution in [2.24, 2.45) is 0 Å². The van der Waals surface area contributed by atoms with Gasteiger partial charge in [-0.3, -0.25) is 4.68 Å². The molecule has 2 heterocycles. The van der Waals surface area contributed by atoms with E-state index in [9.17, 15) is 5.26 Å². The summed E-state index contributed by atoms with van der Waals surface area (Å²) in [5.74, 6) is 0.566. The molecule has 0 aliphatic carbocycles. The number of pyridine rings is 1. The Morgan fingerprint density at radius 3 is 2.95 bits per heavy atom. The van der Waals surface area contributed by atoms with Crippen LogP contribution in [0.3, 0.4) is 0 Å². The van der Waals surface area contributed by atoms with E-state index in [0.29, 0.717) is 24.5 Å². The minimum atomic E-state index is 0.556. The van der Waals surface area contributed by atoms with Crippen LogP contribution in [0, 0.1) is 25.2 Å². The van der Waals surface area contributed by atoms with Crippen molar-refractivity contribution in [1.29, 1.82) is 5.26 Å². The fraction of sp³-hybridized carbons (Fsp3) is 0.357. The molecule has 0 saturated heterocycles. The lowest BCUT2D eigenvalue weighted by molar-refractivity contribution is 0.183. The number of ether oxygens (including phenoxy) is 1. The van der Waals surface area contributed by atoms with Gasteiger partial charge in [0.1, 0.15) is 11.9 Å². The second-order valence-corrected chi connectivity index (χ2v) is 4.53. The van der Waals surface area contributed by atoms with Gasteiger partial charge in [0.25, 0.3) is 0 Å². The van der Waals surface area contributed by atoms with Crippen molar-refractivity contribution in [2.45, 2.75) is 20.4 Å². The predicted molar refractivity (Wildman–Crippen MR) is 75.8 cm³/mol. The largest absolute Gasteiger partial charge is 0.383 e. The molecule has 0 aliphatic heterocycles. The molecule has 2 rings (SSSR count). The van der Waals surface area contributed by atoms with E-state index in [0.717, 1.165) is 16.9 Å². The molecular formula is C14H17N5O. The van der Waals surface area contributed by atoms with E-state index >= 15 is 0 Å². The smallest absolute Gasteiger partial charge is 0.148 e. The van der Waals surface area contributed by atoms with E-state index in [4.69, 9.17) is 4.74 Å². The predicted octanol–water partition coefficient (Wildman–Crippen LogP) is 2.16. The van der Waals surface area contributed by atoms with Gasteiger partial charge in [-0.15, -0.1) is 0 Å². The van der Waals surface area contributed by atoms with E-state index in [1.165, 1.54) is 0 Å². The molecule has 0 spiro atoms. The third kappa shape index (κ3) is 3.13. The SMILES string of the molecule is COCCn1cc(Nc2nc(C)cc(C)c2C#N)cn1. The van der Waals surface area contributed by atoms with E-state index in [1.54, 1.807) is 18.0 Å². The van der Waals surface area contributed by atoms with Gasteiger partial charge in [-0.05, 0) is 25.5 Å². The Morgan fingerprint density at radius 1 is 1.45 bits per heavy atom. The number of nitrogens with zero attached hydrogens (tertiary/aromatic N) is 4. The highest BCUT2D eigenvalue weighted by Crippen LogP contribution is 2.21. The summed E-state index contributed by atoms with van der Waals surface area (Å²) in [5, 5.41) is 16.6. The lowest BCUT2D eigenvalue weighted by atomic mass is 10.1. The highest BCUT2D eigenvalue weighted by atomic mass is 16.5. The molecule has 1 N–H and O–H groups in total. The molecule has 0 bridgehead atoms. The fourth-order valence-electron chi connectivity index (χ4n) is 1.94. The number of nitriles is 1. The number of nitrogens with one attached hydrogen (secondary N) is 1. The summed E-state index contributed by atoms with van der Waals surface area (Å²) in [6.45, 7) is 5.09. The molecule has 0 saturated carbocycles. The molecule has 0 fully saturated rings. The van der Waals surface area contributed by atoms with Crippen molar-refractivity contribution in [3.63, 3.8) is 0 Å². The summed E-state index contributed by atoms with van der Waals surface area (Å²) in [6, 6.07) is 4.07.